The summed E-state index contributed by atoms with van der Waals surface area (Å²) in [7, 11) is -1.24. The Morgan fingerprint density at radius 2 is 2.25 bits per heavy atom. The number of nitrogens with one attached hydrogen (secondary N) is 1. The van der Waals surface area contributed by atoms with Crippen molar-refractivity contribution in [1.82, 2.24) is 4.90 Å². The van der Waals surface area contributed by atoms with E-state index < -0.39 is 15.7 Å². The minimum atomic E-state index is -2.96. The number of hydrogen-bond acceptors (Lipinski definition) is 4. The van der Waals surface area contributed by atoms with Crippen molar-refractivity contribution in [1.29, 1.82) is 0 Å². The molecule has 1 saturated heterocycles. The monoisotopic (exact) mass is 300 g/mol. The number of likely N-dealkylation sites (N-methyl/N-ethyl adjacent to an activating group) is 1. The second-order valence-electron chi connectivity index (χ2n) is 5.03. The van der Waals surface area contributed by atoms with E-state index in [0.29, 0.717) is 12.1 Å². The van der Waals surface area contributed by atoms with Crippen molar-refractivity contribution in [3.63, 3.8) is 0 Å². The Hall–Kier alpha value is -1.47. The average molecular weight is 300 g/mol. The molecule has 1 N–H and O–H groups in total. The number of nitrogens with zero attached hydrogens (tertiary/aromatic N) is 1. The Kier molecular flexibility index (Phi) is 4.39. The van der Waals surface area contributed by atoms with E-state index >= 15 is 0 Å². The normalized spacial score (nSPS) is 21.1. The van der Waals surface area contributed by atoms with E-state index in [1.807, 2.05) is 0 Å². The van der Waals surface area contributed by atoms with Crippen molar-refractivity contribution in [2.24, 2.45) is 0 Å². The Morgan fingerprint density at radius 3 is 2.85 bits per heavy atom. The molecule has 2 rings (SSSR count). The highest BCUT2D eigenvalue weighted by molar-refractivity contribution is 7.91. The van der Waals surface area contributed by atoms with E-state index in [4.69, 9.17) is 0 Å². The van der Waals surface area contributed by atoms with Crippen molar-refractivity contribution in [3.05, 3.63) is 30.1 Å². The topological polar surface area (TPSA) is 66.5 Å². The van der Waals surface area contributed by atoms with Gasteiger partial charge < -0.3 is 5.32 Å². The molecular formula is C13H17FN2O3S. The maximum absolute atomic E-state index is 13.0. The first-order valence-electron chi connectivity index (χ1n) is 6.32. The third kappa shape index (κ3) is 4.01. The summed E-state index contributed by atoms with van der Waals surface area (Å²) in [5.41, 5.74) is 0.391. The summed E-state index contributed by atoms with van der Waals surface area (Å²) in [5, 5.41) is 2.59. The molecule has 5 nitrogen and oxygen atoms in total. The molecule has 1 aliphatic heterocycles. The molecule has 7 heteroatoms. The minimum absolute atomic E-state index is 0.0801. The van der Waals surface area contributed by atoms with Crippen LogP contribution in [0.1, 0.15) is 6.42 Å². The van der Waals surface area contributed by atoms with Crippen LogP contribution in [0, 0.1) is 5.82 Å². The fourth-order valence-corrected chi connectivity index (χ4v) is 4.05. The van der Waals surface area contributed by atoms with Crippen molar-refractivity contribution < 1.29 is 17.6 Å². The summed E-state index contributed by atoms with van der Waals surface area (Å²) in [4.78, 5) is 13.5. The first kappa shape index (κ1) is 14.9. The molecule has 0 aliphatic carbocycles. The van der Waals surface area contributed by atoms with Gasteiger partial charge in [-0.3, -0.25) is 9.69 Å². The quantitative estimate of drug-likeness (QED) is 0.896. The number of sulfone groups is 1. The fourth-order valence-electron chi connectivity index (χ4n) is 2.25. The van der Waals surface area contributed by atoms with Crippen LogP contribution in [0.4, 0.5) is 10.1 Å². The maximum atomic E-state index is 13.0. The average Bonchev–Trinajstić information content (AvgIpc) is 2.69. The van der Waals surface area contributed by atoms with Gasteiger partial charge in [-0.15, -0.1) is 0 Å². The third-order valence-corrected chi connectivity index (χ3v) is 5.08. The number of amides is 1. The summed E-state index contributed by atoms with van der Waals surface area (Å²) in [6, 6.07) is 5.51. The molecule has 1 aromatic rings. The summed E-state index contributed by atoms with van der Waals surface area (Å²) >= 11 is 0. The van der Waals surface area contributed by atoms with Gasteiger partial charge in [0.25, 0.3) is 0 Å². The number of hydrogen-bond donors (Lipinski definition) is 1. The lowest BCUT2D eigenvalue weighted by Gasteiger charge is -2.22. The Bertz CT molecular complexity index is 603. The number of carbonyl (C=O) groups excluding carboxylic acids is 1. The number of rotatable bonds is 4. The number of carbonyl (C=O) groups is 1. The van der Waals surface area contributed by atoms with Gasteiger partial charge in [0.1, 0.15) is 5.82 Å². The zero-order valence-electron chi connectivity index (χ0n) is 11.2. The summed E-state index contributed by atoms with van der Waals surface area (Å²) in [6.45, 7) is 0.0801. The molecule has 0 unspecified atom stereocenters. The predicted octanol–water partition coefficient (Wildman–Crippen LogP) is 0.883. The van der Waals surface area contributed by atoms with E-state index in [2.05, 4.69) is 5.32 Å². The van der Waals surface area contributed by atoms with Gasteiger partial charge in [0.15, 0.2) is 9.84 Å². The SMILES string of the molecule is CN(CC(=O)Nc1cccc(F)c1)[C@@H]1CCS(=O)(=O)C1. The highest BCUT2D eigenvalue weighted by Crippen LogP contribution is 2.16. The first-order valence-corrected chi connectivity index (χ1v) is 8.14. The maximum Gasteiger partial charge on any atom is 0.238 e. The fraction of sp³-hybridized carbons (Fsp3) is 0.462. The second kappa shape index (κ2) is 5.88. The van der Waals surface area contributed by atoms with Crippen LogP contribution in [0.25, 0.3) is 0 Å². The summed E-state index contributed by atoms with van der Waals surface area (Å²) < 4.78 is 35.8. The van der Waals surface area contributed by atoms with Gasteiger partial charge in [0.05, 0.1) is 18.1 Å². The lowest BCUT2D eigenvalue weighted by atomic mass is 10.2. The van der Waals surface area contributed by atoms with Gasteiger partial charge in [-0.05, 0) is 31.7 Å². The van der Waals surface area contributed by atoms with Gasteiger partial charge in [0, 0.05) is 11.7 Å². The molecule has 1 aliphatic rings. The van der Waals surface area contributed by atoms with Gasteiger partial charge in [0.2, 0.25) is 5.91 Å². The zero-order valence-corrected chi connectivity index (χ0v) is 12.0. The molecule has 1 aromatic carbocycles. The lowest BCUT2D eigenvalue weighted by molar-refractivity contribution is -0.117. The van der Waals surface area contributed by atoms with Crippen LogP contribution >= 0.6 is 0 Å². The molecule has 0 bridgehead atoms. The number of halogens is 1. The van der Waals surface area contributed by atoms with Gasteiger partial charge in [-0.1, -0.05) is 6.07 Å². The van der Waals surface area contributed by atoms with Gasteiger partial charge in [-0.2, -0.15) is 0 Å². The summed E-state index contributed by atoms with van der Waals surface area (Å²) in [6.07, 6.45) is 0.548. The minimum Gasteiger partial charge on any atom is -0.325 e. The van der Waals surface area contributed by atoms with E-state index in [9.17, 15) is 17.6 Å². The molecule has 110 valence electrons. The van der Waals surface area contributed by atoms with Crippen LogP contribution in [-0.2, 0) is 14.6 Å². The second-order valence-corrected chi connectivity index (χ2v) is 7.26. The van der Waals surface area contributed by atoms with Gasteiger partial charge in [-0.25, -0.2) is 12.8 Å². The first-order chi connectivity index (χ1) is 9.35. The molecule has 0 aromatic heterocycles. The van der Waals surface area contributed by atoms with Crippen LogP contribution in [0.5, 0.6) is 0 Å². The Labute approximate surface area is 117 Å². The highest BCUT2D eigenvalue weighted by atomic mass is 32.2. The number of anilines is 1. The van der Waals surface area contributed by atoms with Crippen molar-refractivity contribution in [3.8, 4) is 0 Å². The van der Waals surface area contributed by atoms with Crippen molar-refractivity contribution in [2.45, 2.75) is 12.5 Å². The van der Waals surface area contributed by atoms with Gasteiger partial charge >= 0.3 is 0 Å². The zero-order chi connectivity index (χ0) is 14.8. The van der Waals surface area contributed by atoms with Crippen molar-refractivity contribution >= 4 is 21.4 Å². The molecule has 0 spiro atoms. The molecule has 0 saturated carbocycles. The van der Waals surface area contributed by atoms with Crippen LogP contribution < -0.4 is 5.32 Å². The molecule has 0 radical (unpaired) electrons. The Morgan fingerprint density at radius 1 is 1.50 bits per heavy atom. The van der Waals surface area contributed by atoms with E-state index in [-0.39, 0.29) is 30.0 Å². The van der Waals surface area contributed by atoms with Crippen LogP contribution in [0.2, 0.25) is 0 Å². The molecular weight excluding hydrogens is 283 g/mol. The van der Waals surface area contributed by atoms with E-state index in [1.165, 1.54) is 18.2 Å². The van der Waals surface area contributed by atoms with E-state index in [0.717, 1.165) is 0 Å². The largest absolute Gasteiger partial charge is 0.325 e. The number of benzene rings is 1. The third-order valence-electron chi connectivity index (χ3n) is 3.33. The highest BCUT2D eigenvalue weighted by Gasteiger charge is 2.31. The Balaban J connectivity index is 1.88. The molecule has 1 atom stereocenters. The molecule has 20 heavy (non-hydrogen) atoms. The molecule has 1 amide bonds. The lowest BCUT2D eigenvalue weighted by Crippen LogP contribution is -2.38. The van der Waals surface area contributed by atoms with Crippen molar-refractivity contribution in [2.75, 3.05) is 30.4 Å². The van der Waals surface area contributed by atoms with Crippen LogP contribution in [0.15, 0.2) is 24.3 Å². The van der Waals surface area contributed by atoms with Crippen LogP contribution in [0.3, 0.4) is 0 Å². The molecule has 1 heterocycles. The standard InChI is InChI=1S/C13H17FN2O3S/c1-16(12-5-6-20(18,19)9-12)8-13(17)15-11-4-2-3-10(14)7-11/h2-4,7,12H,5-6,8-9H2,1H3,(H,15,17)/t12-/m1/s1. The van der Waals surface area contributed by atoms with Crippen LogP contribution in [-0.4, -0.2) is 50.4 Å². The predicted molar refractivity (Wildman–Crippen MR) is 74.7 cm³/mol. The smallest absolute Gasteiger partial charge is 0.238 e. The molecule has 1 fully saturated rings. The van der Waals surface area contributed by atoms with E-state index in [1.54, 1.807) is 18.0 Å². The summed E-state index contributed by atoms with van der Waals surface area (Å²) in [5.74, 6) is -0.440.